The fourth-order valence-electron chi connectivity index (χ4n) is 1.50. The summed E-state index contributed by atoms with van der Waals surface area (Å²) in [7, 11) is 0. The zero-order valence-electron chi connectivity index (χ0n) is 7.98. The van der Waals surface area contributed by atoms with Crippen LogP contribution in [0.15, 0.2) is 6.33 Å². The Morgan fingerprint density at radius 3 is 2.86 bits per heavy atom. The fourth-order valence-corrected chi connectivity index (χ4v) is 2.67. The first-order valence-electron chi connectivity index (χ1n) is 4.76. The summed E-state index contributed by atoms with van der Waals surface area (Å²) in [6.07, 6.45) is 1.76. The van der Waals surface area contributed by atoms with E-state index < -0.39 is 0 Å². The van der Waals surface area contributed by atoms with Gasteiger partial charge in [-0.1, -0.05) is 0 Å². The maximum absolute atomic E-state index is 5.07. The monoisotopic (exact) mass is 230 g/mol. The molecule has 78 valence electrons. The molecule has 0 bridgehead atoms. The van der Waals surface area contributed by atoms with Crippen LogP contribution in [0.5, 0.6) is 0 Å². The number of hydrogen-bond acceptors (Lipinski definition) is 4. The van der Waals surface area contributed by atoms with Crippen molar-refractivity contribution in [2.75, 3.05) is 31.1 Å². The van der Waals surface area contributed by atoms with Gasteiger partial charge in [0.25, 0.3) is 0 Å². The van der Waals surface area contributed by atoms with E-state index in [9.17, 15) is 0 Å². The number of aromatic amines is 1. The van der Waals surface area contributed by atoms with Crippen molar-refractivity contribution < 1.29 is 0 Å². The van der Waals surface area contributed by atoms with Crippen LogP contribution in [0.3, 0.4) is 0 Å². The Bertz CT molecular complexity index is 326. The Kier molecular flexibility index (Phi) is 3.61. The van der Waals surface area contributed by atoms with E-state index >= 15 is 0 Å². The van der Waals surface area contributed by atoms with E-state index in [1.165, 1.54) is 24.6 Å². The van der Waals surface area contributed by atoms with Crippen molar-refractivity contribution in [1.82, 2.24) is 19.7 Å². The van der Waals surface area contributed by atoms with Gasteiger partial charge in [-0.25, -0.2) is 0 Å². The van der Waals surface area contributed by atoms with Crippen molar-refractivity contribution in [1.29, 1.82) is 0 Å². The summed E-state index contributed by atoms with van der Waals surface area (Å²) >= 11 is 7.11. The van der Waals surface area contributed by atoms with Gasteiger partial charge >= 0.3 is 0 Å². The second-order valence-electron chi connectivity index (χ2n) is 3.31. The molecule has 2 rings (SSSR count). The van der Waals surface area contributed by atoms with Crippen molar-refractivity contribution in [2.24, 2.45) is 0 Å². The van der Waals surface area contributed by atoms with Gasteiger partial charge in [0.1, 0.15) is 6.33 Å². The zero-order chi connectivity index (χ0) is 9.80. The number of nitrogens with zero attached hydrogens (tertiary/aromatic N) is 3. The van der Waals surface area contributed by atoms with E-state index in [-0.39, 0.29) is 0 Å². The van der Waals surface area contributed by atoms with Crippen LogP contribution in [0.1, 0.15) is 0 Å². The van der Waals surface area contributed by atoms with Crippen LogP contribution < -0.4 is 0 Å². The molecule has 0 atom stereocenters. The molecule has 0 spiro atoms. The average Bonchev–Trinajstić information content (AvgIpc) is 2.63. The lowest BCUT2D eigenvalue weighted by Crippen LogP contribution is -2.35. The second kappa shape index (κ2) is 4.95. The lowest BCUT2D eigenvalue weighted by molar-refractivity contribution is 0.289. The van der Waals surface area contributed by atoms with Crippen LogP contribution in [0, 0.1) is 4.77 Å². The smallest absolute Gasteiger partial charge is 0.194 e. The molecule has 1 aliphatic rings. The molecule has 0 radical (unpaired) electrons. The highest BCUT2D eigenvalue weighted by molar-refractivity contribution is 7.99. The first-order valence-corrected chi connectivity index (χ1v) is 6.32. The molecular formula is C8H14N4S2. The van der Waals surface area contributed by atoms with E-state index in [0.717, 1.165) is 17.9 Å². The van der Waals surface area contributed by atoms with Crippen molar-refractivity contribution in [2.45, 2.75) is 6.54 Å². The normalized spacial score (nSPS) is 18.6. The van der Waals surface area contributed by atoms with Gasteiger partial charge in [0, 0.05) is 37.7 Å². The highest BCUT2D eigenvalue weighted by Gasteiger charge is 2.09. The first kappa shape index (κ1) is 10.2. The maximum Gasteiger partial charge on any atom is 0.194 e. The van der Waals surface area contributed by atoms with Gasteiger partial charge < -0.3 is 4.57 Å². The van der Waals surface area contributed by atoms with Crippen LogP contribution in [0.4, 0.5) is 0 Å². The third kappa shape index (κ3) is 2.59. The Balaban J connectivity index is 1.82. The maximum atomic E-state index is 5.07. The molecule has 0 amide bonds. The second-order valence-corrected chi connectivity index (χ2v) is 4.92. The summed E-state index contributed by atoms with van der Waals surface area (Å²) in [4.78, 5) is 2.48. The van der Waals surface area contributed by atoms with Crippen molar-refractivity contribution in [3.63, 3.8) is 0 Å². The molecule has 1 aromatic heterocycles. The first-order chi connectivity index (χ1) is 6.86. The van der Waals surface area contributed by atoms with Crippen molar-refractivity contribution in [3.8, 4) is 0 Å². The highest BCUT2D eigenvalue weighted by atomic mass is 32.2. The number of H-pyrrole nitrogens is 1. The predicted molar refractivity (Wildman–Crippen MR) is 61.2 cm³/mol. The number of nitrogens with one attached hydrogen (secondary N) is 1. The Hall–Kier alpha value is -0.330. The van der Waals surface area contributed by atoms with Gasteiger partial charge in [0.2, 0.25) is 0 Å². The topological polar surface area (TPSA) is 36.9 Å². The van der Waals surface area contributed by atoms with Gasteiger partial charge in [-0.2, -0.15) is 16.9 Å². The summed E-state index contributed by atoms with van der Waals surface area (Å²) in [6, 6.07) is 0. The average molecular weight is 230 g/mol. The van der Waals surface area contributed by atoms with E-state index in [2.05, 4.69) is 15.1 Å². The van der Waals surface area contributed by atoms with Crippen molar-refractivity contribution in [3.05, 3.63) is 11.1 Å². The molecule has 1 aromatic rings. The summed E-state index contributed by atoms with van der Waals surface area (Å²) in [5.41, 5.74) is 0. The van der Waals surface area contributed by atoms with Crippen LogP contribution in [0.25, 0.3) is 0 Å². The molecule has 1 saturated heterocycles. The minimum atomic E-state index is 0.719. The molecule has 0 unspecified atom stereocenters. The van der Waals surface area contributed by atoms with Gasteiger partial charge in [0.05, 0.1) is 0 Å². The molecule has 0 aromatic carbocycles. The predicted octanol–water partition coefficient (Wildman–Crippen LogP) is 0.989. The summed E-state index contributed by atoms with van der Waals surface area (Å²) in [6.45, 7) is 4.43. The fraction of sp³-hybridized carbons (Fsp3) is 0.750. The molecule has 6 heteroatoms. The lowest BCUT2D eigenvalue weighted by Gasteiger charge is -2.25. The molecule has 0 saturated carbocycles. The Labute approximate surface area is 92.7 Å². The van der Waals surface area contributed by atoms with Crippen LogP contribution in [-0.2, 0) is 6.54 Å². The minimum Gasteiger partial charge on any atom is -0.305 e. The summed E-state index contributed by atoms with van der Waals surface area (Å²) in [5, 5.41) is 6.66. The van der Waals surface area contributed by atoms with Crippen LogP contribution in [0.2, 0.25) is 0 Å². The number of rotatable bonds is 3. The SMILES string of the molecule is S=c1[nH]ncn1CCN1CCSCC1. The Morgan fingerprint density at radius 2 is 2.21 bits per heavy atom. The molecular weight excluding hydrogens is 216 g/mol. The van der Waals surface area contributed by atoms with Gasteiger partial charge in [0.15, 0.2) is 4.77 Å². The van der Waals surface area contributed by atoms with Gasteiger partial charge in [-0.05, 0) is 12.2 Å². The zero-order valence-corrected chi connectivity index (χ0v) is 9.61. The summed E-state index contributed by atoms with van der Waals surface area (Å²) < 4.78 is 2.70. The molecule has 1 aliphatic heterocycles. The molecule has 1 N–H and O–H groups in total. The minimum absolute atomic E-state index is 0.719. The summed E-state index contributed by atoms with van der Waals surface area (Å²) in [5.74, 6) is 2.52. The quantitative estimate of drug-likeness (QED) is 0.786. The third-order valence-corrected chi connectivity index (χ3v) is 3.65. The molecule has 14 heavy (non-hydrogen) atoms. The standard InChI is InChI=1S/C8H14N4S2/c13-8-10-9-7-12(8)2-1-11-3-5-14-6-4-11/h7H,1-6H2,(H,10,13). The molecule has 1 fully saturated rings. The van der Waals surface area contributed by atoms with Gasteiger partial charge in [-0.3, -0.25) is 10.00 Å². The van der Waals surface area contributed by atoms with Crippen molar-refractivity contribution >= 4 is 24.0 Å². The van der Waals surface area contributed by atoms with Gasteiger partial charge in [-0.15, -0.1) is 0 Å². The number of aromatic nitrogens is 3. The molecule has 4 nitrogen and oxygen atoms in total. The lowest BCUT2D eigenvalue weighted by atomic mass is 10.4. The van der Waals surface area contributed by atoms with Crippen LogP contribution in [-0.4, -0.2) is 50.8 Å². The third-order valence-electron chi connectivity index (χ3n) is 2.38. The van der Waals surface area contributed by atoms with E-state index in [4.69, 9.17) is 12.2 Å². The van der Waals surface area contributed by atoms with E-state index in [1.54, 1.807) is 6.33 Å². The molecule has 0 aliphatic carbocycles. The van der Waals surface area contributed by atoms with E-state index in [1.807, 2.05) is 16.3 Å². The highest BCUT2D eigenvalue weighted by Crippen LogP contribution is 2.08. The van der Waals surface area contributed by atoms with Crippen LogP contribution >= 0.6 is 24.0 Å². The Morgan fingerprint density at radius 1 is 1.43 bits per heavy atom. The van der Waals surface area contributed by atoms with E-state index in [0.29, 0.717) is 0 Å². The molecule has 2 heterocycles. The number of thioether (sulfide) groups is 1. The largest absolute Gasteiger partial charge is 0.305 e. The number of hydrogen-bond donors (Lipinski definition) is 1.